The summed E-state index contributed by atoms with van der Waals surface area (Å²) < 4.78 is 5.66. The molecule has 2 unspecified atom stereocenters. The molecule has 3 nitrogen and oxygen atoms in total. The van der Waals surface area contributed by atoms with Gasteiger partial charge < -0.3 is 14.6 Å². The van der Waals surface area contributed by atoms with Crippen LogP contribution in [0.4, 0.5) is 5.69 Å². The zero-order chi connectivity index (χ0) is 9.26. The van der Waals surface area contributed by atoms with Crippen LogP contribution in [-0.2, 0) is 4.74 Å². The van der Waals surface area contributed by atoms with Gasteiger partial charge in [-0.15, -0.1) is 0 Å². The van der Waals surface area contributed by atoms with Gasteiger partial charge in [0.15, 0.2) is 0 Å². The number of aromatic nitrogens is 1. The van der Waals surface area contributed by atoms with Crippen LogP contribution in [0.2, 0.25) is 0 Å². The van der Waals surface area contributed by atoms with E-state index in [0.717, 1.165) is 13.1 Å². The van der Waals surface area contributed by atoms with E-state index in [-0.39, 0.29) is 0 Å². The fourth-order valence-electron chi connectivity index (χ4n) is 1.90. The second kappa shape index (κ2) is 3.42. The molecule has 2 atom stereocenters. The lowest BCUT2D eigenvalue weighted by Crippen LogP contribution is -2.45. The van der Waals surface area contributed by atoms with Crippen LogP contribution in [0.5, 0.6) is 0 Å². The maximum absolute atomic E-state index is 5.66. The highest BCUT2D eigenvalue weighted by Gasteiger charge is 2.22. The topological polar surface area (TPSA) is 28.3 Å². The van der Waals surface area contributed by atoms with Gasteiger partial charge in [-0.2, -0.15) is 0 Å². The number of nitrogens with zero attached hydrogens (tertiary/aromatic N) is 1. The Morgan fingerprint density at radius 3 is 2.62 bits per heavy atom. The van der Waals surface area contributed by atoms with Gasteiger partial charge in [0.1, 0.15) is 0 Å². The molecule has 1 aliphatic rings. The van der Waals surface area contributed by atoms with Crippen molar-refractivity contribution in [3.63, 3.8) is 0 Å². The maximum Gasteiger partial charge on any atom is 0.0726 e. The van der Waals surface area contributed by atoms with Crippen LogP contribution in [-0.4, -0.2) is 30.3 Å². The summed E-state index contributed by atoms with van der Waals surface area (Å²) in [4.78, 5) is 5.43. The van der Waals surface area contributed by atoms with Crippen LogP contribution in [0.25, 0.3) is 0 Å². The molecule has 72 valence electrons. The molecule has 0 aromatic carbocycles. The zero-order valence-electron chi connectivity index (χ0n) is 8.16. The summed E-state index contributed by atoms with van der Waals surface area (Å²) in [5, 5.41) is 0. The van der Waals surface area contributed by atoms with E-state index < -0.39 is 0 Å². The van der Waals surface area contributed by atoms with Crippen molar-refractivity contribution in [3.8, 4) is 0 Å². The van der Waals surface area contributed by atoms with Crippen LogP contribution in [0.15, 0.2) is 18.5 Å². The average molecular weight is 180 g/mol. The largest absolute Gasteiger partial charge is 0.372 e. The van der Waals surface area contributed by atoms with Gasteiger partial charge in [-0.1, -0.05) is 0 Å². The summed E-state index contributed by atoms with van der Waals surface area (Å²) in [6.07, 6.45) is 4.66. The zero-order valence-corrected chi connectivity index (χ0v) is 8.16. The van der Waals surface area contributed by atoms with Crippen molar-refractivity contribution < 1.29 is 4.74 Å². The number of morpholine rings is 1. The van der Waals surface area contributed by atoms with E-state index >= 15 is 0 Å². The Labute approximate surface area is 78.7 Å². The Morgan fingerprint density at radius 1 is 1.38 bits per heavy atom. The Hall–Kier alpha value is -0.960. The number of H-pyrrole nitrogens is 1. The van der Waals surface area contributed by atoms with Gasteiger partial charge in [0.25, 0.3) is 0 Å². The van der Waals surface area contributed by atoms with E-state index in [1.807, 2.05) is 12.4 Å². The van der Waals surface area contributed by atoms with Gasteiger partial charge in [0.2, 0.25) is 0 Å². The molecule has 2 heterocycles. The molecule has 0 amide bonds. The lowest BCUT2D eigenvalue weighted by Gasteiger charge is -2.36. The van der Waals surface area contributed by atoms with E-state index in [1.165, 1.54) is 5.69 Å². The van der Waals surface area contributed by atoms with Crippen molar-refractivity contribution in [1.29, 1.82) is 0 Å². The minimum atomic E-state index is 0.332. The van der Waals surface area contributed by atoms with Gasteiger partial charge >= 0.3 is 0 Å². The Kier molecular flexibility index (Phi) is 2.27. The maximum atomic E-state index is 5.66. The minimum Gasteiger partial charge on any atom is -0.372 e. The van der Waals surface area contributed by atoms with Crippen molar-refractivity contribution in [2.75, 3.05) is 18.0 Å². The molecule has 2 rings (SSSR count). The normalized spacial score (nSPS) is 29.2. The molecule has 3 heteroatoms. The quantitative estimate of drug-likeness (QED) is 0.711. The Balaban J connectivity index is 2.07. The Morgan fingerprint density at radius 2 is 2.08 bits per heavy atom. The second-order valence-electron chi connectivity index (χ2n) is 3.73. The molecule has 1 N–H and O–H groups in total. The highest BCUT2D eigenvalue weighted by Crippen LogP contribution is 2.18. The second-order valence-corrected chi connectivity index (χ2v) is 3.73. The molecular weight excluding hydrogens is 164 g/mol. The number of aromatic amines is 1. The lowest BCUT2D eigenvalue weighted by atomic mass is 10.2. The minimum absolute atomic E-state index is 0.332. The van der Waals surface area contributed by atoms with Crippen LogP contribution in [0.1, 0.15) is 13.8 Å². The summed E-state index contributed by atoms with van der Waals surface area (Å²) in [5.74, 6) is 0. The first-order valence-electron chi connectivity index (χ1n) is 4.79. The number of rotatable bonds is 1. The molecule has 0 saturated carbocycles. The smallest absolute Gasteiger partial charge is 0.0726 e. The van der Waals surface area contributed by atoms with Crippen molar-refractivity contribution in [2.24, 2.45) is 0 Å². The van der Waals surface area contributed by atoms with Crippen LogP contribution in [0.3, 0.4) is 0 Å². The first-order chi connectivity index (χ1) is 6.25. The van der Waals surface area contributed by atoms with Gasteiger partial charge in [-0.3, -0.25) is 0 Å². The lowest BCUT2D eigenvalue weighted by molar-refractivity contribution is -0.00520. The monoisotopic (exact) mass is 180 g/mol. The molecule has 1 fully saturated rings. The number of hydrogen-bond donors (Lipinski definition) is 1. The summed E-state index contributed by atoms with van der Waals surface area (Å²) in [5.41, 5.74) is 1.27. The van der Waals surface area contributed by atoms with E-state index in [1.54, 1.807) is 0 Å². The van der Waals surface area contributed by atoms with Gasteiger partial charge in [0.05, 0.1) is 17.9 Å². The highest BCUT2D eigenvalue weighted by atomic mass is 16.5. The predicted octanol–water partition coefficient (Wildman–Crippen LogP) is 1.63. The average Bonchev–Trinajstić information content (AvgIpc) is 2.53. The predicted molar refractivity (Wildman–Crippen MR) is 53.0 cm³/mol. The number of nitrogens with one attached hydrogen (secondary N) is 1. The molecule has 0 radical (unpaired) electrons. The summed E-state index contributed by atoms with van der Waals surface area (Å²) in [6, 6.07) is 2.10. The SMILES string of the molecule is CC1CN(c2cc[nH]c2)CC(C)O1. The van der Waals surface area contributed by atoms with E-state index in [4.69, 9.17) is 4.74 Å². The summed E-state index contributed by atoms with van der Waals surface area (Å²) in [7, 11) is 0. The third-order valence-electron chi connectivity index (χ3n) is 2.37. The number of hydrogen-bond acceptors (Lipinski definition) is 2. The third kappa shape index (κ3) is 1.86. The number of anilines is 1. The van der Waals surface area contributed by atoms with E-state index in [2.05, 4.69) is 29.8 Å². The molecule has 1 aromatic heterocycles. The Bertz CT molecular complexity index is 248. The summed E-state index contributed by atoms with van der Waals surface area (Å²) in [6.45, 7) is 6.22. The molecular formula is C10H16N2O. The van der Waals surface area contributed by atoms with Crippen molar-refractivity contribution in [3.05, 3.63) is 18.5 Å². The van der Waals surface area contributed by atoms with Gasteiger partial charge in [0, 0.05) is 25.5 Å². The molecule has 0 spiro atoms. The molecule has 0 aliphatic carbocycles. The molecule has 1 saturated heterocycles. The van der Waals surface area contributed by atoms with Crippen molar-refractivity contribution in [2.45, 2.75) is 26.1 Å². The van der Waals surface area contributed by atoms with Crippen LogP contribution >= 0.6 is 0 Å². The summed E-state index contributed by atoms with van der Waals surface area (Å²) >= 11 is 0. The van der Waals surface area contributed by atoms with Gasteiger partial charge in [-0.05, 0) is 19.9 Å². The van der Waals surface area contributed by atoms with E-state index in [9.17, 15) is 0 Å². The highest BCUT2D eigenvalue weighted by molar-refractivity contribution is 5.44. The third-order valence-corrected chi connectivity index (χ3v) is 2.37. The van der Waals surface area contributed by atoms with Crippen molar-refractivity contribution in [1.82, 2.24) is 4.98 Å². The van der Waals surface area contributed by atoms with Crippen LogP contribution < -0.4 is 4.90 Å². The fourth-order valence-corrected chi connectivity index (χ4v) is 1.90. The first-order valence-corrected chi connectivity index (χ1v) is 4.79. The molecule has 13 heavy (non-hydrogen) atoms. The van der Waals surface area contributed by atoms with Gasteiger partial charge in [-0.25, -0.2) is 0 Å². The molecule has 0 bridgehead atoms. The van der Waals surface area contributed by atoms with E-state index in [0.29, 0.717) is 12.2 Å². The van der Waals surface area contributed by atoms with Crippen molar-refractivity contribution >= 4 is 5.69 Å². The standard InChI is InChI=1S/C10H16N2O/c1-8-6-12(7-9(2)13-8)10-3-4-11-5-10/h3-5,8-9,11H,6-7H2,1-2H3. The first kappa shape index (κ1) is 8.63. The fraction of sp³-hybridized carbons (Fsp3) is 0.600. The molecule has 1 aliphatic heterocycles. The molecule has 1 aromatic rings. The number of ether oxygens (including phenoxy) is 1. The van der Waals surface area contributed by atoms with Crippen LogP contribution in [0, 0.1) is 0 Å².